The summed E-state index contributed by atoms with van der Waals surface area (Å²) in [6, 6.07) is 0.273. The van der Waals surface area contributed by atoms with Crippen molar-refractivity contribution in [3.05, 3.63) is 16.5 Å². The Morgan fingerprint density at radius 2 is 2.00 bits per heavy atom. The molecule has 0 bridgehead atoms. The molecule has 2 N–H and O–H groups in total. The zero-order valence-electron chi connectivity index (χ0n) is 11.3. The molecule has 1 aromatic heterocycles. The van der Waals surface area contributed by atoms with Gasteiger partial charge in [-0.15, -0.1) is 11.3 Å². The first-order valence-electron chi connectivity index (χ1n) is 5.88. The van der Waals surface area contributed by atoms with Crippen LogP contribution < -0.4 is 10.0 Å². The normalized spacial score (nSPS) is 14.5. The second-order valence-corrected chi connectivity index (χ2v) is 7.62. The molecule has 20 heavy (non-hydrogen) atoms. The highest BCUT2D eigenvalue weighted by Gasteiger charge is 2.32. The Hall–Kier alpha value is -0.640. The van der Waals surface area contributed by atoms with Gasteiger partial charge in [-0.25, -0.2) is 13.1 Å². The molecule has 1 rings (SSSR count). The van der Waals surface area contributed by atoms with Gasteiger partial charge in [0.15, 0.2) is 0 Å². The van der Waals surface area contributed by atoms with Crippen LogP contribution in [0.2, 0.25) is 0 Å². The van der Waals surface area contributed by atoms with E-state index in [1.54, 1.807) is 14.0 Å². The van der Waals surface area contributed by atoms with Gasteiger partial charge in [0.05, 0.1) is 6.42 Å². The van der Waals surface area contributed by atoms with Crippen LogP contribution in [0.1, 0.15) is 23.8 Å². The second-order valence-electron chi connectivity index (χ2n) is 4.54. The van der Waals surface area contributed by atoms with Crippen molar-refractivity contribution in [1.29, 1.82) is 0 Å². The van der Waals surface area contributed by atoms with Crippen molar-refractivity contribution in [2.75, 3.05) is 7.05 Å². The lowest BCUT2D eigenvalue weighted by molar-refractivity contribution is -0.137. The molecule has 0 aliphatic carbocycles. The summed E-state index contributed by atoms with van der Waals surface area (Å²) < 4.78 is 62.7. The van der Waals surface area contributed by atoms with Gasteiger partial charge in [-0.1, -0.05) is 0 Å². The number of hydrogen-bond acceptors (Lipinski definition) is 4. The van der Waals surface area contributed by atoms with Crippen LogP contribution in [0.4, 0.5) is 13.2 Å². The van der Waals surface area contributed by atoms with E-state index in [-0.39, 0.29) is 4.21 Å². The van der Waals surface area contributed by atoms with E-state index >= 15 is 0 Å². The van der Waals surface area contributed by atoms with Crippen LogP contribution in [0, 0.1) is 6.92 Å². The van der Waals surface area contributed by atoms with Crippen molar-refractivity contribution in [1.82, 2.24) is 10.0 Å². The molecule has 1 atom stereocenters. The average molecular weight is 330 g/mol. The summed E-state index contributed by atoms with van der Waals surface area (Å²) >= 11 is 1.06. The quantitative estimate of drug-likeness (QED) is 0.842. The number of aryl methyl sites for hydroxylation is 1. The van der Waals surface area contributed by atoms with Crippen LogP contribution in [0.3, 0.4) is 0 Å². The molecule has 0 aliphatic rings. The highest BCUT2D eigenvalue weighted by atomic mass is 32.2. The average Bonchev–Trinajstić information content (AvgIpc) is 2.57. The highest BCUT2D eigenvalue weighted by molar-refractivity contribution is 7.91. The minimum Gasteiger partial charge on any atom is -0.315 e. The van der Waals surface area contributed by atoms with E-state index in [2.05, 4.69) is 10.0 Å². The van der Waals surface area contributed by atoms with Crippen LogP contribution in [-0.2, 0) is 16.6 Å². The van der Waals surface area contributed by atoms with E-state index in [4.69, 9.17) is 0 Å². The molecule has 0 aliphatic heterocycles. The summed E-state index contributed by atoms with van der Waals surface area (Å²) in [5.41, 5.74) is 0.799. The molecule has 0 fully saturated rings. The zero-order valence-corrected chi connectivity index (χ0v) is 13.0. The van der Waals surface area contributed by atoms with Crippen molar-refractivity contribution in [3.63, 3.8) is 0 Å². The molecule has 0 saturated carbocycles. The Morgan fingerprint density at radius 1 is 1.40 bits per heavy atom. The lowest BCUT2D eigenvalue weighted by Gasteiger charge is -2.15. The minimum absolute atomic E-state index is 0.0364. The smallest absolute Gasteiger partial charge is 0.315 e. The highest BCUT2D eigenvalue weighted by Crippen LogP contribution is 2.27. The molecule has 0 spiro atoms. The largest absolute Gasteiger partial charge is 0.390 e. The van der Waals surface area contributed by atoms with E-state index in [1.165, 1.54) is 13.0 Å². The van der Waals surface area contributed by atoms with Gasteiger partial charge in [-0.05, 0) is 32.5 Å². The van der Waals surface area contributed by atoms with E-state index < -0.39 is 28.7 Å². The third-order valence-electron chi connectivity index (χ3n) is 2.49. The molecule has 4 nitrogen and oxygen atoms in total. The van der Waals surface area contributed by atoms with Crippen molar-refractivity contribution in [2.24, 2.45) is 0 Å². The SMILES string of the molecule is CNCc1sc(S(=O)(=O)NC(C)CC(F)(F)F)cc1C. The maximum atomic E-state index is 12.2. The van der Waals surface area contributed by atoms with Crippen LogP contribution in [0.15, 0.2) is 10.3 Å². The first-order chi connectivity index (χ1) is 9.05. The maximum absolute atomic E-state index is 12.2. The Kier molecular flexibility index (Phi) is 5.59. The summed E-state index contributed by atoms with van der Waals surface area (Å²) in [6.07, 6.45) is -5.59. The monoisotopic (exact) mass is 330 g/mol. The fraction of sp³-hybridized carbons (Fsp3) is 0.636. The first kappa shape index (κ1) is 17.4. The molecule has 0 radical (unpaired) electrons. The number of sulfonamides is 1. The number of nitrogens with one attached hydrogen (secondary N) is 2. The number of rotatable bonds is 6. The Bertz CT molecular complexity index is 553. The summed E-state index contributed by atoms with van der Waals surface area (Å²) in [5, 5.41) is 2.91. The predicted molar refractivity (Wildman–Crippen MR) is 72.3 cm³/mol. The molecule has 9 heteroatoms. The van der Waals surface area contributed by atoms with Gasteiger partial charge in [0, 0.05) is 17.5 Å². The predicted octanol–water partition coefficient (Wildman–Crippen LogP) is 2.40. The van der Waals surface area contributed by atoms with Crippen LogP contribution in [0.25, 0.3) is 0 Å². The summed E-state index contributed by atoms with van der Waals surface area (Å²) in [6.45, 7) is 3.48. The molecular formula is C11H17F3N2O2S2. The van der Waals surface area contributed by atoms with Gasteiger partial charge < -0.3 is 5.32 Å². The van der Waals surface area contributed by atoms with Gasteiger partial charge in [-0.2, -0.15) is 13.2 Å². The number of hydrogen-bond donors (Lipinski definition) is 2. The molecule has 116 valence electrons. The summed E-state index contributed by atoms with van der Waals surface area (Å²) in [4.78, 5) is 0.844. The number of thiophene rings is 1. The van der Waals surface area contributed by atoms with E-state index in [9.17, 15) is 21.6 Å². The fourth-order valence-electron chi connectivity index (χ4n) is 1.67. The van der Waals surface area contributed by atoms with Gasteiger partial charge in [0.2, 0.25) is 10.0 Å². The maximum Gasteiger partial charge on any atom is 0.390 e. The molecule has 0 saturated heterocycles. The van der Waals surface area contributed by atoms with E-state index in [1.807, 2.05) is 0 Å². The molecule has 0 aromatic carbocycles. The Morgan fingerprint density at radius 3 is 2.50 bits per heavy atom. The summed E-state index contributed by atoms with van der Waals surface area (Å²) in [7, 11) is -2.18. The summed E-state index contributed by atoms with van der Waals surface area (Å²) in [5.74, 6) is 0. The number of halogens is 3. The first-order valence-corrected chi connectivity index (χ1v) is 8.18. The van der Waals surface area contributed by atoms with E-state index in [0.29, 0.717) is 6.54 Å². The van der Waals surface area contributed by atoms with Gasteiger partial charge in [0.25, 0.3) is 0 Å². The van der Waals surface area contributed by atoms with Crippen molar-refractivity contribution in [3.8, 4) is 0 Å². The topological polar surface area (TPSA) is 58.2 Å². The standard InChI is InChI=1S/C11H17F3N2O2S2/c1-7-4-10(19-9(7)6-15-3)20(17,18)16-8(2)5-11(12,13)14/h4,8,15-16H,5-6H2,1-3H3. The molecule has 0 amide bonds. The van der Waals surface area contributed by atoms with Crippen LogP contribution in [-0.4, -0.2) is 27.7 Å². The molecule has 1 aromatic rings. The number of alkyl halides is 3. The second kappa shape index (κ2) is 6.42. The molecule has 1 heterocycles. The molecule has 1 unspecified atom stereocenters. The lowest BCUT2D eigenvalue weighted by Crippen LogP contribution is -2.35. The van der Waals surface area contributed by atoms with Gasteiger partial charge in [-0.3, -0.25) is 0 Å². The van der Waals surface area contributed by atoms with Crippen molar-refractivity contribution in [2.45, 2.75) is 43.2 Å². The van der Waals surface area contributed by atoms with E-state index in [0.717, 1.165) is 21.8 Å². The lowest BCUT2D eigenvalue weighted by atomic mass is 10.2. The van der Waals surface area contributed by atoms with Gasteiger partial charge >= 0.3 is 6.18 Å². The molecular weight excluding hydrogens is 313 g/mol. The van der Waals surface area contributed by atoms with Crippen molar-refractivity contribution < 1.29 is 21.6 Å². The van der Waals surface area contributed by atoms with Crippen LogP contribution >= 0.6 is 11.3 Å². The Balaban J connectivity index is 2.86. The van der Waals surface area contributed by atoms with Crippen LogP contribution in [0.5, 0.6) is 0 Å². The third-order valence-corrected chi connectivity index (χ3v) is 5.79. The zero-order chi connectivity index (χ0) is 15.6. The third kappa shape index (κ3) is 5.04. The Labute approximate surface area is 120 Å². The minimum atomic E-state index is -4.40. The van der Waals surface area contributed by atoms with Gasteiger partial charge in [0.1, 0.15) is 4.21 Å². The van der Waals surface area contributed by atoms with Crippen molar-refractivity contribution >= 4 is 21.4 Å². The fourth-order valence-corrected chi connectivity index (χ4v) is 4.53.